The highest BCUT2D eigenvalue weighted by molar-refractivity contribution is 9.09. The number of hydrogen-bond acceptors (Lipinski definition) is 1. The molecule has 1 saturated carbocycles. The van der Waals surface area contributed by atoms with Crippen LogP contribution in [0.15, 0.2) is 12.3 Å². The van der Waals surface area contributed by atoms with E-state index in [2.05, 4.69) is 20.9 Å². The fourth-order valence-corrected chi connectivity index (χ4v) is 2.38. The van der Waals surface area contributed by atoms with Gasteiger partial charge in [0.15, 0.2) is 0 Å². The molecule has 76 valence electrons. The Kier molecular flexibility index (Phi) is 3.07. The van der Waals surface area contributed by atoms with Crippen LogP contribution in [-0.4, -0.2) is 9.81 Å². The molecule has 1 aromatic rings. The third kappa shape index (κ3) is 2.45. The molecule has 14 heavy (non-hydrogen) atoms. The van der Waals surface area contributed by atoms with Gasteiger partial charge in [0.25, 0.3) is 0 Å². The van der Waals surface area contributed by atoms with Gasteiger partial charge in [-0.25, -0.2) is 4.39 Å². The summed E-state index contributed by atoms with van der Waals surface area (Å²) in [5, 5.41) is 0.351. The Morgan fingerprint density at radius 1 is 1.64 bits per heavy atom. The fourth-order valence-electron chi connectivity index (χ4n) is 1.40. The van der Waals surface area contributed by atoms with Crippen LogP contribution in [0, 0.1) is 11.7 Å². The monoisotopic (exact) mass is 277 g/mol. The van der Waals surface area contributed by atoms with Crippen LogP contribution in [0.1, 0.15) is 18.5 Å². The van der Waals surface area contributed by atoms with Gasteiger partial charge < -0.3 is 0 Å². The first-order valence-corrected chi connectivity index (χ1v) is 5.90. The van der Waals surface area contributed by atoms with Crippen LogP contribution >= 0.6 is 27.5 Å². The van der Waals surface area contributed by atoms with E-state index in [0.717, 1.165) is 0 Å². The Bertz CT molecular complexity index is 341. The summed E-state index contributed by atoms with van der Waals surface area (Å²) in [5.41, 5.74) is 0.503. The van der Waals surface area contributed by atoms with Crippen LogP contribution in [0.3, 0.4) is 0 Å². The first kappa shape index (κ1) is 10.4. The fraction of sp³-hybridized carbons (Fsp3) is 0.500. The highest BCUT2D eigenvalue weighted by atomic mass is 79.9. The number of hydrogen-bond donors (Lipinski definition) is 0. The topological polar surface area (TPSA) is 12.9 Å². The minimum atomic E-state index is -0.303. The molecule has 4 heteroatoms. The summed E-state index contributed by atoms with van der Waals surface area (Å²) in [5.74, 6) is 0.398. The highest BCUT2D eigenvalue weighted by Gasteiger charge is 2.30. The number of rotatable bonds is 3. The summed E-state index contributed by atoms with van der Waals surface area (Å²) >= 11 is 9.17. The van der Waals surface area contributed by atoms with Crippen molar-refractivity contribution in [2.75, 3.05) is 0 Å². The van der Waals surface area contributed by atoms with Crippen molar-refractivity contribution < 1.29 is 4.39 Å². The second kappa shape index (κ2) is 4.15. The maximum Gasteiger partial charge on any atom is 0.146 e. The molecule has 0 bridgehead atoms. The van der Waals surface area contributed by atoms with Gasteiger partial charge in [0.05, 0.1) is 10.7 Å². The maximum absolute atomic E-state index is 13.3. The molecule has 1 unspecified atom stereocenters. The Balaban J connectivity index is 2.07. The maximum atomic E-state index is 13.3. The van der Waals surface area contributed by atoms with Gasteiger partial charge in [-0.05, 0) is 24.8 Å². The van der Waals surface area contributed by atoms with Crippen LogP contribution in [0.25, 0.3) is 0 Å². The second-order valence-corrected chi connectivity index (χ2v) is 5.25. The summed E-state index contributed by atoms with van der Waals surface area (Å²) in [4.78, 5) is 4.34. The van der Waals surface area contributed by atoms with Crippen molar-refractivity contribution in [3.05, 3.63) is 28.8 Å². The normalized spacial score (nSPS) is 18.2. The Labute approximate surface area is 95.8 Å². The van der Waals surface area contributed by atoms with E-state index in [1.54, 1.807) is 0 Å². The molecule has 1 nitrogen and oxygen atoms in total. The zero-order valence-corrected chi connectivity index (χ0v) is 9.85. The van der Waals surface area contributed by atoms with E-state index in [1.165, 1.54) is 25.1 Å². The summed E-state index contributed by atoms with van der Waals surface area (Å²) in [6.07, 6.45) is 4.62. The summed E-state index contributed by atoms with van der Waals surface area (Å²) < 4.78 is 13.3. The molecule has 1 heterocycles. The van der Waals surface area contributed by atoms with Gasteiger partial charge >= 0.3 is 0 Å². The van der Waals surface area contributed by atoms with Crippen molar-refractivity contribution in [2.45, 2.75) is 24.1 Å². The predicted molar refractivity (Wildman–Crippen MR) is 58.3 cm³/mol. The van der Waals surface area contributed by atoms with Gasteiger partial charge in [0.1, 0.15) is 5.82 Å². The van der Waals surface area contributed by atoms with Gasteiger partial charge in [-0.2, -0.15) is 0 Å². The summed E-state index contributed by atoms with van der Waals surface area (Å²) in [6, 6.07) is 1.32. The predicted octanol–water partition coefficient (Wildman–Crippen LogP) is 3.59. The smallest absolute Gasteiger partial charge is 0.146 e. The average Bonchev–Trinajstić information content (AvgIpc) is 2.92. The van der Waals surface area contributed by atoms with Crippen molar-refractivity contribution in [2.24, 2.45) is 5.92 Å². The SMILES string of the molecule is Fc1cc(Cl)cnc1CC(Br)C1CC1. The first-order chi connectivity index (χ1) is 6.66. The lowest BCUT2D eigenvalue weighted by Crippen LogP contribution is -2.08. The van der Waals surface area contributed by atoms with Crippen molar-refractivity contribution >= 4 is 27.5 Å². The van der Waals surface area contributed by atoms with E-state index in [-0.39, 0.29) is 5.82 Å². The molecule has 2 rings (SSSR count). The van der Waals surface area contributed by atoms with Gasteiger partial charge in [-0.3, -0.25) is 4.98 Å². The molecular formula is C10H10BrClFN. The molecule has 0 aromatic carbocycles. The van der Waals surface area contributed by atoms with E-state index in [4.69, 9.17) is 11.6 Å². The lowest BCUT2D eigenvalue weighted by molar-refractivity contribution is 0.590. The molecule has 0 radical (unpaired) electrons. The van der Waals surface area contributed by atoms with E-state index >= 15 is 0 Å². The van der Waals surface area contributed by atoms with Crippen LogP contribution < -0.4 is 0 Å². The van der Waals surface area contributed by atoms with E-state index in [0.29, 0.717) is 27.9 Å². The third-order valence-corrected chi connectivity index (χ3v) is 3.68. The highest BCUT2D eigenvalue weighted by Crippen LogP contribution is 2.38. The minimum absolute atomic E-state index is 0.303. The standard InChI is InChI=1S/C10H10BrClFN/c11-8(6-1-2-6)4-10-9(13)3-7(12)5-14-10/h3,5-6,8H,1-2,4H2. The largest absolute Gasteiger partial charge is 0.257 e. The molecule has 0 aliphatic heterocycles. The van der Waals surface area contributed by atoms with Crippen LogP contribution in [0.2, 0.25) is 5.02 Å². The number of aromatic nitrogens is 1. The molecule has 0 amide bonds. The number of pyridine rings is 1. The lowest BCUT2D eigenvalue weighted by Gasteiger charge is -2.07. The molecule has 1 fully saturated rings. The van der Waals surface area contributed by atoms with Crippen molar-refractivity contribution in [1.82, 2.24) is 4.98 Å². The van der Waals surface area contributed by atoms with Crippen molar-refractivity contribution in [1.29, 1.82) is 0 Å². The van der Waals surface area contributed by atoms with Crippen LogP contribution in [0.5, 0.6) is 0 Å². The van der Waals surface area contributed by atoms with Crippen LogP contribution in [0.4, 0.5) is 4.39 Å². The zero-order chi connectivity index (χ0) is 10.1. The molecule has 1 atom stereocenters. The summed E-state index contributed by atoms with van der Waals surface area (Å²) in [7, 11) is 0. The molecule has 0 N–H and O–H groups in total. The van der Waals surface area contributed by atoms with Gasteiger partial charge in [-0.1, -0.05) is 27.5 Å². The van der Waals surface area contributed by atoms with Gasteiger partial charge in [0, 0.05) is 17.4 Å². The molecule has 0 saturated heterocycles. The Morgan fingerprint density at radius 2 is 2.36 bits per heavy atom. The van der Waals surface area contributed by atoms with Crippen molar-refractivity contribution in [3.8, 4) is 0 Å². The lowest BCUT2D eigenvalue weighted by atomic mass is 10.1. The molecule has 0 spiro atoms. The van der Waals surface area contributed by atoms with Crippen LogP contribution in [-0.2, 0) is 6.42 Å². The minimum Gasteiger partial charge on any atom is -0.257 e. The van der Waals surface area contributed by atoms with Gasteiger partial charge in [0.2, 0.25) is 0 Å². The van der Waals surface area contributed by atoms with E-state index in [9.17, 15) is 4.39 Å². The first-order valence-electron chi connectivity index (χ1n) is 4.61. The molecular weight excluding hydrogens is 268 g/mol. The number of alkyl halides is 1. The second-order valence-electron chi connectivity index (χ2n) is 3.64. The summed E-state index contributed by atoms with van der Waals surface area (Å²) in [6.45, 7) is 0. The molecule has 1 aromatic heterocycles. The van der Waals surface area contributed by atoms with E-state index < -0.39 is 0 Å². The third-order valence-electron chi connectivity index (χ3n) is 2.41. The molecule has 1 aliphatic carbocycles. The number of nitrogens with zero attached hydrogens (tertiary/aromatic N) is 1. The quantitative estimate of drug-likeness (QED) is 0.770. The Morgan fingerprint density at radius 3 is 2.93 bits per heavy atom. The zero-order valence-electron chi connectivity index (χ0n) is 7.51. The average molecular weight is 279 g/mol. The molecule has 1 aliphatic rings. The van der Waals surface area contributed by atoms with Gasteiger partial charge in [-0.15, -0.1) is 0 Å². The Hall–Kier alpha value is -0.150. The number of halogens is 3. The van der Waals surface area contributed by atoms with E-state index in [1.807, 2.05) is 0 Å². The van der Waals surface area contributed by atoms with Crippen molar-refractivity contribution in [3.63, 3.8) is 0 Å².